The number of rotatable bonds is 2. The molecule has 98 valence electrons. The average Bonchev–Trinajstić information content (AvgIpc) is 2.58. The third kappa shape index (κ3) is 7.22. The van der Waals surface area contributed by atoms with Crippen LogP contribution in [0.15, 0.2) is 23.9 Å². The van der Waals surface area contributed by atoms with Gasteiger partial charge in [-0.2, -0.15) is 0 Å². The second-order valence-electron chi connectivity index (χ2n) is 4.76. The van der Waals surface area contributed by atoms with Crippen molar-refractivity contribution in [3.8, 4) is 0 Å². The minimum Gasteiger partial charge on any atom is -0.381 e. The maximum absolute atomic E-state index is 5.07. The van der Waals surface area contributed by atoms with Gasteiger partial charge in [0.2, 0.25) is 0 Å². The Morgan fingerprint density at radius 1 is 1.24 bits per heavy atom. The van der Waals surface area contributed by atoms with E-state index in [4.69, 9.17) is 4.74 Å². The molecule has 17 heavy (non-hydrogen) atoms. The Morgan fingerprint density at radius 3 is 2.53 bits per heavy atom. The average molecular weight is 237 g/mol. The highest BCUT2D eigenvalue weighted by Gasteiger charge is 1.99. The molecule has 0 N–H and O–H groups in total. The first kappa shape index (κ1) is 14.3. The first-order chi connectivity index (χ1) is 8.33. The van der Waals surface area contributed by atoms with E-state index in [0.29, 0.717) is 0 Å². The normalized spacial score (nSPS) is 20.1. The summed E-state index contributed by atoms with van der Waals surface area (Å²) < 4.78 is 5.07. The van der Waals surface area contributed by atoms with E-state index < -0.39 is 0 Å². The van der Waals surface area contributed by atoms with Crippen LogP contribution in [-0.2, 0) is 4.74 Å². The Morgan fingerprint density at radius 2 is 2.00 bits per heavy atom. The van der Waals surface area contributed by atoms with Crippen molar-refractivity contribution < 1.29 is 4.74 Å². The van der Waals surface area contributed by atoms with Crippen LogP contribution in [0.1, 0.15) is 46.0 Å². The van der Waals surface area contributed by atoms with Gasteiger partial charge in [0.25, 0.3) is 0 Å². The number of nitrogens with zero attached hydrogens (tertiary/aromatic N) is 1. The van der Waals surface area contributed by atoms with Gasteiger partial charge in [-0.15, -0.1) is 0 Å². The van der Waals surface area contributed by atoms with Crippen LogP contribution in [0.5, 0.6) is 0 Å². The second-order valence-corrected chi connectivity index (χ2v) is 4.76. The van der Waals surface area contributed by atoms with Crippen molar-refractivity contribution in [3.63, 3.8) is 0 Å². The largest absolute Gasteiger partial charge is 0.381 e. The molecule has 0 unspecified atom stereocenters. The lowest BCUT2D eigenvalue weighted by Gasteiger charge is -2.16. The topological polar surface area (TPSA) is 12.5 Å². The van der Waals surface area contributed by atoms with Gasteiger partial charge in [-0.3, -0.25) is 0 Å². The van der Waals surface area contributed by atoms with Crippen molar-refractivity contribution in [1.82, 2.24) is 4.90 Å². The molecule has 1 saturated heterocycles. The van der Waals surface area contributed by atoms with Gasteiger partial charge in [0.15, 0.2) is 0 Å². The third-order valence-corrected chi connectivity index (χ3v) is 3.02. The SMILES string of the molecule is C1CCOCC1.CCCN1C=CC(C)=CCC1. The molecule has 0 spiro atoms. The molecule has 0 aliphatic carbocycles. The van der Waals surface area contributed by atoms with Gasteiger partial charge in [0, 0.05) is 26.3 Å². The molecule has 0 amide bonds. The smallest absolute Gasteiger partial charge is 0.0466 e. The molecule has 1 fully saturated rings. The Bertz CT molecular complexity index is 230. The fourth-order valence-corrected chi connectivity index (χ4v) is 1.98. The Balaban J connectivity index is 0.000000202. The van der Waals surface area contributed by atoms with E-state index in [1.807, 2.05) is 0 Å². The number of hydrogen-bond acceptors (Lipinski definition) is 2. The molecular weight excluding hydrogens is 210 g/mol. The van der Waals surface area contributed by atoms with Crippen molar-refractivity contribution >= 4 is 0 Å². The zero-order valence-corrected chi connectivity index (χ0v) is 11.5. The van der Waals surface area contributed by atoms with Gasteiger partial charge in [-0.1, -0.05) is 18.6 Å². The van der Waals surface area contributed by atoms with E-state index in [1.165, 1.54) is 50.8 Å². The molecule has 2 rings (SSSR count). The minimum atomic E-state index is 1.00. The molecule has 0 bridgehead atoms. The molecule has 0 aromatic heterocycles. The van der Waals surface area contributed by atoms with Crippen molar-refractivity contribution in [1.29, 1.82) is 0 Å². The summed E-state index contributed by atoms with van der Waals surface area (Å²) in [6, 6.07) is 0. The molecule has 2 aliphatic rings. The molecule has 0 aromatic rings. The standard InChI is InChI=1S/C10H17N.C5H10O/c1-3-7-11-8-4-5-10(2)6-9-11;1-2-4-6-5-3-1/h5-6,9H,3-4,7-8H2,1-2H3;1-5H2. The highest BCUT2D eigenvalue weighted by molar-refractivity contribution is 5.17. The van der Waals surface area contributed by atoms with E-state index in [9.17, 15) is 0 Å². The van der Waals surface area contributed by atoms with Crippen LogP contribution in [0, 0.1) is 0 Å². The van der Waals surface area contributed by atoms with Crippen LogP contribution in [0.3, 0.4) is 0 Å². The van der Waals surface area contributed by atoms with Crippen molar-refractivity contribution in [2.75, 3.05) is 26.3 Å². The van der Waals surface area contributed by atoms with Crippen LogP contribution < -0.4 is 0 Å². The lowest BCUT2D eigenvalue weighted by molar-refractivity contribution is 0.0968. The Hall–Kier alpha value is -0.760. The van der Waals surface area contributed by atoms with E-state index in [0.717, 1.165) is 13.2 Å². The van der Waals surface area contributed by atoms with E-state index in [1.54, 1.807) is 0 Å². The predicted molar refractivity (Wildman–Crippen MR) is 74.0 cm³/mol. The molecule has 0 radical (unpaired) electrons. The molecule has 2 heterocycles. The number of allylic oxidation sites excluding steroid dienone is 2. The highest BCUT2D eigenvalue weighted by atomic mass is 16.5. The van der Waals surface area contributed by atoms with Gasteiger partial charge >= 0.3 is 0 Å². The molecule has 0 saturated carbocycles. The summed E-state index contributed by atoms with van der Waals surface area (Å²) in [5, 5.41) is 0. The van der Waals surface area contributed by atoms with E-state index in [2.05, 4.69) is 37.1 Å². The summed E-state index contributed by atoms with van der Waals surface area (Å²) in [5.74, 6) is 0. The fraction of sp³-hybridized carbons (Fsp3) is 0.733. The van der Waals surface area contributed by atoms with Gasteiger partial charge in [-0.05, 0) is 51.3 Å². The Labute approximate surface area is 106 Å². The zero-order chi connectivity index (χ0) is 12.3. The van der Waals surface area contributed by atoms with Crippen molar-refractivity contribution in [3.05, 3.63) is 23.9 Å². The first-order valence-corrected chi connectivity index (χ1v) is 6.99. The first-order valence-electron chi connectivity index (χ1n) is 6.99. The monoisotopic (exact) mass is 237 g/mol. The highest BCUT2D eigenvalue weighted by Crippen LogP contribution is 2.06. The summed E-state index contributed by atoms with van der Waals surface area (Å²) in [5.41, 5.74) is 1.39. The Kier molecular flexibility index (Phi) is 7.81. The molecule has 0 aromatic carbocycles. The number of ether oxygens (including phenoxy) is 1. The van der Waals surface area contributed by atoms with Gasteiger partial charge in [0.05, 0.1) is 0 Å². The summed E-state index contributed by atoms with van der Waals surface area (Å²) in [4.78, 5) is 2.38. The van der Waals surface area contributed by atoms with Crippen molar-refractivity contribution in [2.45, 2.75) is 46.0 Å². The fourth-order valence-electron chi connectivity index (χ4n) is 1.98. The van der Waals surface area contributed by atoms with Crippen LogP contribution in [-0.4, -0.2) is 31.2 Å². The van der Waals surface area contributed by atoms with Crippen LogP contribution >= 0.6 is 0 Å². The molecule has 2 aliphatic heterocycles. The maximum Gasteiger partial charge on any atom is 0.0466 e. The summed E-state index contributed by atoms with van der Waals surface area (Å²) >= 11 is 0. The summed E-state index contributed by atoms with van der Waals surface area (Å²) in [7, 11) is 0. The quantitative estimate of drug-likeness (QED) is 0.725. The summed E-state index contributed by atoms with van der Waals surface area (Å²) in [6.07, 6.45) is 13.1. The lowest BCUT2D eigenvalue weighted by Crippen LogP contribution is -2.18. The van der Waals surface area contributed by atoms with E-state index >= 15 is 0 Å². The molecule has 2 heteroatoms. The van der Waals surface area contributed by atoms with Gasteiger partial charge in [-0.25, -0.2) is 0 Å². The van der Waals surface area contributed by atoms with Gasteiger partial charge in [0.1, 0.15) is 0 Å². The third-order valence-electron chi connectivity index (χ3n) is 3.02. The lowest BCUT2D eigenvalue weighted by atomic mass is 10.2. The predicted octanol–water partition coefficient (Wildman–Crippen LogP) is 3.75. The van der Waals surface area contributed by atoms with Crippen LogP contribution in [0.25, 0.3) is 0 Å². The number of hydrogen-bond donors (Lipinski definition) is 0. The van der Waals surface area contributed by atoms with Crippen LogP contribution in [0.4, 0.5) is 0 Å². The molecular formula is C15H27NO. The second kappa shape index (κ2) is 9.29. The van der Waals surface area contributed by atoms with Gasteiger partial charge < -0.3 is 9.64 Å². The maximum atomic E-state index is 5.07. The van der Waals surface area contributed by atoms with Crippen LogP contribution in [0.2, 0.25) is 0 Å². The van der Waals surface area contributed by atoms with Crippen molar-refractivity contribution in [2.24, 2.45) is 0 Å². The summed E-state index contributed by atoms with van der Waals surface area (Å²) in [6.45, 7) is 8.75. The zero-order valence-electron chi connectivity index (χ0n) is 11.5. The molecule has 2 nitrogen and oxygen atoms in total. The minimum absolute atomic E-state index is 1.00. The van der Waals surface area contributed by atoms with E-state index in [-0.39, 0.29) is 0 Å². The molecule has 0 atom stereocenters.